The molecule has 96 valence electrons. The van der Waals surface area contributed by atoms with Crippen LogP contribution < -0.4 is 4.48 Å². The predicted octanol–water partition coefficient (Wildman–Crippen LogP) is 2.77. The first-order chi connectivity index (χ1) is 9.06. The summed E-state index contributed by atoms with van der Waals surface area (Å²) in [5.41, 5.74) is 0.846. The summed E-state index contributed by atoms with van der Waals surface area (Å²) < 4.78 is 33.4. The van der Waals surface area contributed by atoms with E-state index in [2.05, 4.69) is 4.98 Å². The summed E-state index contributed by atoms with van der Waals surface area (Å²) in [6, 6.07) is 10.1. The average Bonchev–Trinajstić information content (AvgIpc) is 2.38. The molecule has 0 amide bonds. The Morgan fingerprint density at radius 3 is 2.68 bits per heavy atom. The number of halogens is 3. The highest BCUT2D eigenvalue weighted by atomic mass is 35.5. The van der Waals surface area contributed by atoms with Gasteiger partial charge in [-0.05, 0) is 16.6 Å². The molecule has 0 aliphatic carbocycles. The fraction of sp³-hybridized carbons (Fsp3) is 0. The Bertz CT molecular complexity index is 664. The van der Waals surface area contributed by atoms with Crippen molar-refractivity contribution in [1.29, 1.82) is 0 Å². The Kier molecular flexibility index (Phi) is 2.75. The zero-order chi connectivity index (χ0) is 13.5. The van der Waals surface area contributed by atoms with E-state index in [9.17, 15) is 8.63 Å². The van der Waals surface area contributed by atoms with Crippen molar-refractivity contribution in [3.05, 3.63) is 59.1 Å². The number of aromatic nitrogens is 2. The molecule has 3 nitrogen and oxygen atoms in total. The predicted molar refractivity (Wildman–Crippen MR) is 68.2 cm³/mol. The molecule has 0 atom stereocenters. The van der Waals surface area contributed by atoms with Crippen LogP contribution in [0.3, 0.4) is 0 Å². The molecule has 1 aromatic heterocycles. The molecule has 7 heteroatoms. The highest BCUT2D eigenvalue weighted by molar-refractivity contribution is 6.51. The molecule has 0 radical (unpaired) electrons. The average molecular weight is 280 g/mol. The van der Waals surface area contributed by atoms with Gasteiger partial charge in [0.2, 0.25) is 11.5 Å². The highest BCUT2D eigenvalue weighted by Crippen LogP contribution is 2.27. The molecule has 0 fully saturated rings. The third-order valence-electron chi connectivity index (χ3n) is 2.80. The van der Waals surface area contributed by atoms with E-state index in [4.69, 9.17) is 16.3 Å². The number of rotatable bonds is 1. The molecule has 0 spiro atoms. The van der Waals surface area contributed by atoms with Crippen LogP contribution in [0.5, 0.6) is 0 Å². The van der Waals surface area contributed by atoms with Gasteiger partial charge in [0.05, 0.1) is 11.5 Å². The van der Waals surface area contributed by atoms with Crippen LogP contribution in [0.1, 0.15) is 11.3 Å². The van der Waals surface area contributed by atoms with Gasteiger partial charge in [0.25, 0.3) is 0 Å². The van der Waals surface area contributed by atoms with Gasteiger partial charge in [0, 0.05) is 17.7 Å². The Morgan fingerprint density at radius 1 is 1.21 bits per heavy atom. The first-order valence-electron chi connectivity index (χ1n) is 5.60. The first kappa shape index (κ1) is 12.1. The van der Waals surface area contributed by atoms with E-state index in [1.807, 2.05) is 0 Å². The lowest BCUT2D eigenvalue weighted by Crippen LogP contribution is -2.63. The Labute approximate surface area is 113 Å². The van der Waals surface area contributed by atoms with Crippen molar-refractivity contribution in [1.82, 2.24) is 4.98 Å². The maximum atomic E-state index is 13.9. The van der Waals surface area contributed by atoms with Crippen molar-refractivity contribution in [3.63, 3.8) is 0 Å². The fourth-order valence-electron chi connectivity index (χ4n) is 1.92. The smallest absolute Gasteiger partial charge is 0.623 e. The quantitative estimate of drug-likeness (QED) is 0.593. The number of benzene rings is 1. The minimum Gasteiger partial charge on any atom is -0.623 e. The van der Waals surface area contributed by atoms with Crippen molar-refractivity contribution >= 4 is 30.5 Å². The summed E-state index contributed by atoms with van der Waals surface area (Å²) in [5.74, 6) is 0.118. The maximum absolute atomic E-state index is 13.9. The van der Waals surface area contributed by atoms with Crippen molar-refractivity contribution in [2.24, 2.45) is 0 Å². The summed E-state index contributed by atoms with van der Waals surface area (Å²) in [6.07, 6.45) is 2.50. The summed E-state index contributed by atoms with van der Waals surface area (Å²) in [5, 5.41) is 0.156. The van der Waals surface area contributed by atoms with Gasteiger partial charge in [0.15, 0.2) is 0 Å². The topological polar surface area (TPSA) is 26.0 Å². The molecule has 1 aromatic carbocycles. The van der Waals surface area contributed by atoms with E-state index in [0.29, 0.717) is 10.0 Å². The second kappa shape index (κ2) is 4.31. The van der Waals surface area contributed by atoms with E-state index < -0.39 is 7.04 Å². The van der Waals surface area contributed by atoms with Gasteiger partial charge in [-0.3, -0.25) is 0 Å². The minimum absolute atomic E-state index is 0.118. The van der Waals surface area contributed by atoms with Gasteiger partial charge < -0.3 is 17.8 Å². The summed E-state index contributed by atoms with van der Waals surface area (Å²) in [7, 11) is -4.19. The highest BCUT2D eigenvalue weighted by Gasteiger charge is 2.43. The van der Waals surface area contributed by atoms with Crippen molar-refractivity contribution in [2.45, 2.75) is 0 Å². The molecule has 0 saturated carbocycles. The van der Waals surface area contributed by atoms with Gasteiger partial charge in [-0.25, -0.2) is 0 Å². The van der Waals surface area contributed by atoms with Crippen molar-refractivity contribution < 1.29 is 17.8 Å². The SMILES string of the molecule is F[B-]1(F)OC(c2ccccc2)=Cc2cc(Cl)nc[n+]21. The Balaban J connectivity index is 2.15. The molecule has 0 N–H and O–H groups in total. The largest absolute Gasteiger partial charge is 0.734 e. The fourth-order valence-corrected chi connectivity index (χ4v) is 2.07. The number of fused-ring (bicyclic) bond motifs is 1. The van der Waals surface area contributed by atoms with Crippen molar-refractivity contribution in [3.8, 4) is 0 Å². The van der Waals surface area contributed by atoms with Gasteiger partial charge in [-0.15, -0.1) is 0 Å². The van der Waals surface area contributed by atoms with E-state index in [1.165, 1.54) is 12.1 Å². The van der Waals surface area contributed by atoms with E-state index in [1.54, 1.807) is 30.3 Å². The first-order valence-corrected chi connectivity index (χ1v) is 5.98. The molecular formula is C12H8BClF2N2O. The molecule has 0 saturated heterocycles. The zero-order valence-electron chi connectivity index (χ0n) is 9.63. The normalized spacial score (nSPS) is 16.3. The molecule has 3 rings (SSSR count). The molecule has 19 heavy (non-hydrogen) atoms. The third-order valence-corrected chi connectivity index (χ3v) is 3.01. The monoisotopic (exact) mass is 280 g/mol. The number of nitrogens with zero attached hydrogens (tertiary/aromatic N) is 2. The lowest BCUT2D eigenvalue weighted by Gasteiger charge is -2.30. The molecule has 1 aliphatic heterocycles. The Morgan fingerprint density at radius 2 is 1.95 bits per heavy atom. The van der Waals surface area contributed by atoms with Crippen LogP contribution in [0, 0.1) is 0 Å². The third kappa shape index (κ3) is 2.19. The Hall–Kier alpha value is -1.95. The number of hydrogen-bond acceptors (Lipinski definition) is 2. The standard InChI is InChI=1S/C12H8BClF2N2O/c14-12-7-10-6-11(9-4-2-1-3-5-9)19-13(15,16)18(10)8-17-12/h1-8H. The van der Waals surface area contributed by atoms with E-state index in [0.717, 1.165) is 6.33 Å². The van der Waals surface area contributed by atoms with Crippen molar-refractivity contribution in [2.75, 3.05) is 0 Å². The molecule has 0 bridgehead atoms. The summed E-state index contributed by atoms with van der Waals surface area (Å²) in [6.45, 7) is 0. The zero-order valence-corrected chi connectivity index (χ0v) is 10.4. The minimum atomic E-state index is -4.19. The second-order valence-corrected chi connectivity index (χ2v) is 4.48. The maximum Gasteiger partial charge on any atom is 0.734 e. The number of hydrogen-bond donors (Lipinski definition) is 0. The molecule has 0 unspecified atom stereocenters. The van der Waals surface area contributed by atoms with Crippen LogP contribution in [0.25, 0.3) is 11.8 Å². The summed E-state index contributed by atoms with van der Waals surface area (Å²) >= 11 is 5.73. The lowest BCUT2D eigenvalue weighted by molar-refractivity contribution is -0.587. The van der Waals surface area contributed by atoms with Gasteiger partial charge in [-0.2, -0.15) is 0 Å². The summed E-state index contributed by atoms with van der Waals surface area (Å²) in [4.78, 5) is 3.64. The van der Waals surface area contributed by atoms with Gasteiger partial charge in [0.1, 0.15) is 0 Å². The van der Waals surface area contributed by atoms with E-state index in [-0.39, 0.29) is 16.6 Å². The van der Waals surface area contributed by atoms with Crippen LogP contribution >= 0.6 is 11.6 Å². The van der Waals surface area contributed by atoms with Crippen LogP contribution in [-0.2, 0) is 4.65 Å². The molecule has 2 heterocycles. The lowest BCUT2D eigenvalue weighted by atomic mass is 9.99. The molecule has 2 aromatic rings. The van der Waals surface area contributed by atoms with Gasteiger partial charge in [-0.1, -0.05) is 30.3 Å². The second-order valence-electron chi connectivity index (χ2n) is 4.10. The van der Waals surface area contributed by atoms with E-state index >= 15 is 0 Å². The van der Waals surface area contributed by atoms with Crippen LogP contribution in [0.4, 0.5) is 8.63 Å². The molecular weight excluding hydrogens is 272 g/mol. The van der Waals surface area contributed by atoms with Gasteiger partial charge >= 0.3 is 7.04 Å². The van der Waals surface area contributed by atoms with Crippen LogP contribution in [0.15, 0.2) is 42.7 Å². The van der Waals surface area contributed by atoms with Crippen LogP contribution in [-0.4, -0.2) is 12.0 Å². The van der Waals surface area contributed by atoms with Crippen LogP contribution in [0.2, 0.25) is 5.15 Å². The molecule has 1 aliphatic rings.